The predicted molar refractivity (Wildman–Crippen MR) is 72.8 cm³/mol. The number of benzene rings is 1. The molecule has 0 radical (unpaired) electrons. The van der Waals surface area contributed by atoms with Crippen LogP contribution in [0.2, 0.25) is 0 Å². The zero-order valence-electron chi connectivity index (χ0n) is 11.6. The molecule has 2 heteroatoms. The summed E-state index contributed by atoms with van der Waals surface area (Å²) in [6.07, 6.45) is 0. The summed E-state index contributed by atoms with van der Waals surface area (Å²) in [5.74, 6) is 0. The quantitative estimate of drug-likeness (QED) is 0.839. The van der Waals surface area contributed by atoms with E-state index in [0.29, 0.717) is 12.1 Å². The number of aliphatic hydroxyl groups excluding tert-OH is 1. The highest BCUT2D eigenvalue weighted by Gasteiger charge is 2.21. The Balaban J connectivity index is 2.72. The second-order valence-electron chi connectivity index (χ2n) is 5.88. The average Bonchev–Trinajstić information content (AvgIpc) is 2.27. The van der Waals surface area contributed by atoms with Gasteiger partial charge in [-0.15, -0.1) is 0 Å². The molecule has 2 unspecified atom stereocenters. The van der Waals surface area contributed by atoms with E-state index in [1.807, 2.05) is 12.1 Å². The first-order valence-electron chi connectivity index (χ1n) is 6.30. The summed E-state index contributed by atoms with van der Waals surface area (Å²) >= 11 is 0. The van der Waals surface area contributed by atoms with Crippen molar-refractivity contribution in [1.82, 2.24) is 5.32 Å². The van der Waals surface area contributed by atoms with Gasteiger partial charge in [-0.25, -0.2) is 0 Å². The summed E-state index contributed by atoms with van der Waals surface area (Å²) < 4.78 is 0. The van der Waals surface area contributed by atoms with Crippen LogP contribution in [0, 0.1) is 5.41 Å². The van der Waals surface area contributed by atoms with E-state index in [2.05, 4.69) is 52.1 Å². The van der Waals surface area contributed by atoms with Crippen LogP contribution in [-0.4, -0.2) is 11.1 Å². The standard InChI is InChI=1S/C15H25NO/c1-11(16-12(2)15(3,4)5)14-8-6-7-13(9-14)10-17/h6-9,11-12,16-17H,10H2,1-5H3. The fourth-order valence-corrected chi connectivity index (χ4v) is 1.68. The Bertz CT molecular complexity index is 354. The van der Waals surface area contributed by atoms with E-state index in [1.165, 1.54) is 5.56 Å². The lowest BCUT2D eigenvalue weighted by Crippen LogP contribution is -2.39. The molecule has 1 aromatic carbocycles. The lowest BCUT2D eigenvalue weighted by atomic mass is 9.87. The maximum atomic E-state index is 9.13. The van der Waals surface area contributed by atoms with E-state index < -0.39 is 0 Å². The number of hydrogen-bond donors (Lipinski definition) is 2. The molecule has 0 saturated carbocycles. The van der Waals surface area contributed by atoms with Gasteiger partial charge in [0, 0.05) is 12.1 Å². The zero-order chi connectivity index (χ0) is 13.1. The van der Waals surface area contributed by atoms with Crippen molar-refractivity contribution >= 4 is 0 Å². The van der Waals surface area contributed by atoms with Crippen LogP contribution in [-0.2, 0) is 6.61 Å². The molecule has 1 aromatic rings. The van der Waals surface area contributed by atoms with Crippen molar-refractivity contribution in [2.24, 2.45) is 5.41 Å². The maximum absolute atomic E-state index is 9.13. The summed E-state index contributed by atoms with van der Waals surface area (Å²) in [7, 11) is 0. The molecule has 0 bridgehead atoms. The SMILES string of the molecule is CC(NC(C)C(C)(C)C)c1cccc(CO)c1. The Morgan fingerprint density at radius 2 is 1.88 bits per heavy atom. The molecular formula is C15H25NO. The summed E-state index contributed by atoms with van der Waals surface area (Å²) in [5.41, 5.74) is 2.45. The molecule has 0 aliphatic heterocycles. The van der Waals surface area contributed by atoms with Crippen LogP contribution in [0.15, 0.2) is 24.3 Å². The Hall–Kier alpha value is -0.860. The van der Waals surface area contributed by atoms with Crippen LogP contribution in [0.25, 0.3) is 0 Å². The van der Waals surface area contributed by atoms with Gasteiger partial charge < -0.3 is 10.4 Å². The average molecular weight is 235 g/mol. The third-order valence-corrected chi connectivity index (χ3v) is 3.43. The fourth-order valence-electron chi connectivity index (χ4n) is 1.68. The molecule has 2 N–H and O–H groups in total. The third-order valence-electron chi connectivity index (χ3n) is 3.43. The molecule has 0 fully saturated rings. The lowest BCUT2D eigenvalue weighted by Gasteiger charge is -2.31. The van der Waals surface area contributed by atoms with Crippen LogP contribution in [0.4, 0.5) is 0 Å². The van der Waals surface area contributed by atoms with E-state index >= 15 is 0 Å². The van der Waals surface area contributed by atoms with E-state index in [4.69, 9.17) is 5.11 Å². The molecule has 0 aliphatic carbocycles. The van der Waals surface area contributed by atoms with Gasteiger partial charge in [0.25, 0.3) is 0 Å². The van der Waals surface area contributed by atoms with Gasteiger partial charge in [-0.05, 0) is 30.4 Å². The van der Waals surface area contributed by atoms with Gasteiger partial charge in [0.2, 0.25) is 0 Å². The molecule has 0 spiro atoms. The number of nitrogens with one attached hydrogen (secondary N) is 1. The Kier molecular flexibility index (Phi) is 4.72. The van der Waals surface area contributed by atoms with Crippen molar-refractivity contribution in [1.29, 1.82) is 0 Å². The van der Waals surface area contributed by atoms with Gasteiger partial charge in [-0.2, -0.15) is 0 Å². The van der Waals surface area contributed by atoms with Crippen LogP contribution in [0.1, 0.15) is 51.8 Å². The van der Waals surface area contributed by atoms with Gasteiger partial charge >= 0.3 is 0 Å². The van der Waals surface area contributed by atoms with Crippen LogP contribution < -0.4 is 5.32 Å². The van der Waals surface area contributed by atoms with Crippen molar-refractivity contribution in [3.05, 3.63) is 35.4 Å². The summed E-state index contributed by atoms with van der Waals surface area (Å²) in [5, 5.41) is 12.7. The van der Waals surface area contributed by atoms with E-state index in [0.717, 1.165) is 5.56 Å². The summed E-state index contributed by atoms with van der Waals surface area (Å²) in [6.45, 7) is 11.2. The predicted octanol–water partition coefficient (Wildman–Crippen LogP) is 3.26. The minimum absolute atomic E-state index is 0.107. The fraction of sp³-hybridized carbons (Fsp3) is 0.600. The first-order valence-corrected chi connectivity index (χ1v) is 6.30. The molecule has 1 rings (SSSR count). The second kappa shape index (κ2) is 5.65. The van der Waals surface area contributed by atoms with Crippen molar-refractivity contribution in [3.63, 3.8) is 0 Å². The highest BCUT2D eigenvalue weighted by molar-refractivity contribution is 5.25. The molecule has 0 saturated heterocycles. The first-order chi connectivity index (χ1) is 7.84. The van der Waals surface area contributed by atoms with E-state index in [-0.39, 0.29) is 12.0 Å². The van der Waals surface area contributed by atoms with Crippen molar-refractivity contribution < 1.29 is 5.11 Å². The Morgan fingerprint density at radius 3 is 2.41 bits per heavy atom. The molecule has 0 amide bonds. The van der Waals surface area contributed by atoms with Crippen LogP contribution >= 0.6 is 0 Å². The topological polar surface area (TPSA) is 32.3 Å². The molecule has 0 heterocycles. The van der Waals surface area contributed by atoms with E-state index in [9.17, 15) is 0 Å². The normalized spacial score (nSPS) is 15.6. The molecular weight excluding hydrogens is 210 g/mol. The van der Waals surface area contributed by atoms with Crippen LogP contribution in [0.5, 0.6) is 0 Å². The molecule has 96 valence electrons. The molecule has 2 nitrogen and oxygen atoms in total. The number of rotatable bonds is 4. The summed E-state index contributed by atoms with van der Waals surface area (Å²) in [6, 6.07) is 8.86. The van der Waals surface area contributed by atoms with Crippen molar-refractivity contribution in [3.8, 4) is 0 Å². The molecule has 2 atom stereocenters. The second-order valence-corrected chi connectivity index (χ2v) is 5.88. The van der Waals surface area contributed by atoms with Gasteiger partial charge in [-0.3, -0.25) is 0 Å². The van der Waals surface area contributed by atoms with Gasteiger partial charge in [0.05, 0.1) is 6.61 Å². The molecule has 0 aliphatic rings. The van der Waals surface area contributed by atoms with Gasteiger partial charge in [0.15, 0.2) is 0 Å². The van der Waals surface area contributed by atoms with Crippen LogP contribution in [0.3, 0.4) is 0 Å². The lowest BCUT2D eigenvalue weighted by molar-refractivity contribution is 0.267. The van der Waals surface area contributed by atoms with Crippen molar-refractivity contribution in [2.75, 3.05) is 0 Å². The Morgan fingerprint density at radius 1 is 1.24 bits per heavy atom. The number of hydrogen-bond acceptors (Lipinski definition) is 2. The first kappa shape index (κ1) is 14.2. The smallest absolute Gasteiger partial charge is 0.0681 e. The van der Waals surface area contributed by atoms with Gasteiger partial charge in [0.1, 0.15) is 0 Å². The number of aliphatic hydroxyl groups is 1. The maximum Gasteiger partial charge on any atom is 0.0681 e. The minimum Gasteiger partial charge on any atom is -0.392 e. The Labute approximate surface area is 105 Å². The largest absolute Gasteiger partial charge is 0.392 e. The zero-order valence-corrected chi connectivity index (χ0v) is 11.6. The molecule has 0 aromatic heterocycles. The minimum atomic E-state index is 0.107. The van der Waals surface area contributed by atoms with E-state index in [1.54, 1.807) is 0 Å². The van der Waals surface area contributed by atoms with Gasteiger partial charge in [-0.1, -0.05) is 45.0 Å². The third kappa shape index (κ3) is 4.14. The monoisotopic (exact) mass is 235 g/mol. The molecule has 17 heavy (non-hydrogen) atoms. The highest BCUT2D eigenvalue weighted by atomic mass is 16.3. The highest BCUT2D eigenvalue weighted by Crippen LogP contribution is 2.22. The summed E-state index contributed by atoms with van der Waals surface area (Å²) in [4.78, 5) is 0. The van der Waals surface area contributed by atoms with Crippen molar-refractivity contribution in [2.45, 2.75) is 53.3 Å².